The SMILES string of the molecule is Clc1ccc2c(c1)COCO2. The van der Waals surface area contributed by atoms with Crippen LogP contribution in [-0.4, -0.2) is 6.79 Å². The second-order valence-corrected chi connectivity index (χ2v) is 2.80. The van der Waals surface area contributed by atoms with E-state index in [9.17, 15) is 0 Å². The molecule has 0 spiro atoms. The Morgan fingerprint density at radius 3 is 3.18 bits per heavy atom. The van der Waals surface area contributed by atoms with Crippen molar-refractivity contribution in [3.8, 4) is 5.75 Å². The van der Waals surface area contributed by atoms with Gasteiger partial charge in [-0.1, -0.05) is 11.6 Å². The topological polar surface area (TPSA) is 18.5 Å². The van der Waals surface area contributed by atoms with Gasteiger partial charge in [-0.2, -0.15) is 0 Å². The zero-order valence-electron chi connectivity index (χ0n) is 5.84. The molecule has 0 atom stereocenters. The van der Waals surface area contributed by atoms with Crippen LogP contribution >= 0.6 is 11.6 Å². The number of halogens is 1. The number of hydrogen-bond acceptors (Lipinski definition) is 2. The second kappa shape index (κ2) is 2.72. The van der Waals surface area contributed by atoms with Crippen LogP contribution in [0.4, 0.5) is 0 Å². The number of fused-ring (bicyclic) bond motifs is 1. The Bertz CT molecular complexity index is 273. The predicted molar refractivity (Wildman–Crippen MR) is 41.7 cm³/mol. The van der Waals surface area contributed by atoms with Crippen molar-refractivity contribution in [3.63, 3.8) is 0 Å². The summed E-state index contributed by atoms with van der Waals surface area (Å²) in [6.07, 6.45) is 0. The van der Waals surface area contributed by atoms with Gasteiger partial charge in [0.05, 0.1) is 6.61 Å². The van der Waals surface area contributed by atoms with Gasteiger partial charge in [0.1, 0.15) is 5.75 Å². The average Bonchev–Trinajstić information content (AvgIpc) is 2.04. The number of ether oxygens (including phenoxy) is 2. The molecule has 0 amide bonds. The van der Waals surface area contributed by atoms with Gasteiger partial charge < -0.3 is 9.47 Å². The molecule has 0 aliphatic carbocycles. The van der Waals surface area contributed by atoms with Crippen LogP contribution in [0.2, 0.25) is 5.02 Å². The van der Waals surface area contributed by atoms with Crippen LogP contribution in [0.1, 0.15) is 5.56 Å². The minimum atomic E-state index is 0.342. The molecule has 1 heterocycles. The van der Waals surface area contributed by atoms with E-state index in [2.05, 4.69) is 0 Å². The van der Waals surface area contributed by atoms with E-state index in [0.717, 1.165) is 16.3 Å². The highest BCUT2D eigenvalue weighted by atomic mass is 35.5. The van der Waals surface area contributed by atoms with E-state index in [1.807, 2.05) is 18.2 Å². The van der Waals surface area contributed by atoms with Crippen LogP contribution in [0.25, 0.3) is 0 Å². The Labute approximate surface area is 69.7 Å². The summed E-state index contributed by atoms with van der Waals surface area (Å²) in [7, 11) is 0. The van der Waals surface area contributed by atoms with Crippen molar-refractivity contribution >= 4 is 11.6 Å². The summed E-state index contributed by atoms with van der Waals surface area (Å²) >= 11 is 5.77. The fourth-order valence-corrected chi connectivity index (χ4v) is 1.25. The van der Waals surface area contributed by atoms with Crippen molar-refractivity contribution in [2.75, 3.05) is 6.79 Å². The van der Waals surface area contributed by atoms with E-state index >= 15 is 0 Å². The normalized spacial score (nSPS) is 15.4. The number of rotatable bonds is 0. The van der Waals surface area contributed by atoms with E-state index in [4.69, 9.17) is 21.1 Å². The fourth-order valence-electron chi connectivity index (χ4n) is 1.06. The van der Waals surface area contributed by atoms with Gasteiger partial charge in [-0.15, -0.1) is 0 Å². The lowest BCUT2D eigenvalue weighted by molar-refractivity contribution is -0.0163. The summed E-state index contributed by atoms with van der Waals surface area (Å²) in [4.78, 5) is 0. The third-order valence-electron chi connectivity index (χ3n) is 1.58. The van der Waals surface area contributed by atoms with Crippen molar-refractivity contribution in [1.82, 2.24) is 0 Å². The smallest absolute Gasteiger partial charge is 0.189 e. The maximum absolute atomic E-state index is 5.77. The molecule has 0 unspecified atom stereocenters. The Morgan fingerprint density at radius 2 is 2.27 bits per heavy atom. The van der Waals surface area contributed by atoms with Crippen molar-refractivity contribution in [2.45, 2.75) is 6.61 Å². The molecule has 0 N–H and O–H groups in total. The van der Waals surface area contributed by atoms with Crippen LogP contribution in [0.5, 0.6) is 5.75 Å². The predicted octanol–water partition coefficient (Wildman–Crippen LogP) is 2.21. The van der Waals surface area contributed by atoms with Crippen LogP contribution in [-0.2, 0) is 11.3 Å². The molecule has 1 aromatic carbocycles. The van der Waals surface area contributed by atoms with Crippen LogP contribution < -0.4 is 4.74 Å². The molecule has 11 heavy (non-hydrogen) atoms. The van der Waals surface area contributed by atoms with Crippen molar-refractivity contribution < 1.29 is 9.47 Å². The molecular formula is C8H7ClO2. The highest BCUT2D eigenvalue weighted by Crippen LogP contribution is 2.26. The highest BCUT2D eigenvalue weighted by molar-refractivity contribution is 6.30. The molecule has 1 aliphatic rings. The first-order chi connectivity index (χ1) is 5.36. The minimum absolute atomic E-state index is 0.342. The van der Waals surface area contributed by atoms with Gasteiger partial charge in [0.25, 0.3) is 0 Å². The van der Waals surface area contributed by atoms with E-state index < -0.39 is 0 Å². The van der Waals surface area contributed by atoms with Gasteiger partial charge in [0.15, 0.2) is 6.79 Å². The molecule has 2 rings (SSSR count). The van der Waals surface area contributed by atoms with Crippen molar-refractivity contribution in [2.24, 2.45) is 0 Å². The van der Waals surface area contributed by atoms with Gasteiger partial charge >= 0.3 is 0 Å². The minimum Gasteiger partial charge on any atom is -0.467 e. The number of benzene rings is 1. The van der Waals surface area contributed by atoms with Gasteiger partial charge in [-0.3, -0.25) is 0 Å². The maximum atomic E-state index is 5.77. The summed E-state index contributed by atoms with van der Waals surface area (Å²) in [6, 6.07) is 5.53. The number of hydrogen-bond donors (Lipinski definition) is 0. The van der Waals surface area contributed by atoms with Gasteiger partial charge in [0, 0.05) is 10.6 Å². The zero-order chi connectivity index (χ0) is 7.68. The maximum Gasteiger partial charge on any atom is 0.189 e. The molecule has 0 saturated carbocycles. The third-order valence-corrected chi connectivity index (χ3v) is 1.81. The molecule has 58 valence electrons. The Morgan fingerprint density at radius 1 is 1.36 bits per heavy atom. The van der Waals surface area contributed by atoms with Crippen LogP contribution in [0.15, 0.2) is 18.2 Å². The second-order valence-electron chi connectivity index (χ2n) is 2.36. The fraction of sp³-hybridized carbons (Fsp3) is 0.250. The first-order valence-electron chi connectivity index (χ1n) is 3.35. The monoisotopic (exact) mass is 170 g/mol. The molecule has 0 aromatic heterocycles. The molecule has 1 aromatic rings. The molecule has 1 aliphatic heterocycles. The van der Waals surface area contributed by atoms with Crippen molar-refractivity contribution in [3.05, 3.63) is 28.8 Å². The lowest BCUT2D eigenvalue weighted by atomic mass is 10.2. The van der Waals surface area contributed by atoms with E-state index in [0.29, 0.717) is 13.4 Å². The summed E-state index contributed by atoms with van der Waals surface area (Å²) in [5.74, 6) is 0.876. The third kappa shape index (κ3) is 1.32. The molecule has 0 bridgehead atoms. The van der Waals surface area contributed by atoms with E-state index in [1.165, 1.54) is 0 Å². The Balaban J connectivity index is 2.43. The van der Waals surface area contributed by atoms with Crippen molar-refractivity contribution in [1.29, 1.82) is 0 Å². The molecule has 0 saturated heterocycles. The lowest BCUT2D eigenvalue weighted by Crippen LogP contribution is -2.10. The van der Waals surface area contributed by atoms with E-state index in [-0.39, 0.29) is 0 Å². The Hall–Kier alpha value is -0.730. The lowest BCUT2D eigenvalue weighted by Gasteiger charge is -2.16. The largest absolute Gasteiger partial charge is 0.467 e. The molecule has 0 radical (unpaired) electrons. The molecule has 0 fully saturated rings. The zero-order valence-corrected chi connectivity index (χ0v) is 6.60. The molecule has 2 nitrogen and oxygen atoms in total. The summed E-state index contributed by atoms with van der Waals surface area (Å²) in [6.45, 7) is 0.935. The first-order valence-corrected chi connectivity index (χ1v) is 3.73. The summed E-state index contributed by atoms with van der Waals surface area (Å²) in [5, 5.41) is 0.720. The van der Waals surface area contributed by atoms with E-state index in [1.54, 1.807) is 0 Å². The van der Waals surface area contributed by atoms with Crippen LogP contribution in [0, 0.1) is 0 Å². The summed E-state index contributed by atoms with van der Waals surface area (Å²) in [5.41, 5.74) is 1.02. The quantitative estimate of drug-likeness (QED) is 0.595. The van der Waals surface area contributed by atoms with Crippen LogP contribution in [0.3, 0.4) is 0 Å². The highest BCUT2D eigenvalue weighted by Gasteiger charge is 2.09. The van der Waals surface area contributed by atoms with Gasteiger partial charge in [-0.25, -0.2) is 0 Å². The summed E-state index contributed by atoms with van der Waals surface area (Å²) < 4.78 is 10.3. The Kier molecular flexibility index (Phi) is 1.72. The first kappa shape index (κ1) is 6.95. The molecule has 3 heteroatoms. The molecular weight excluding hydrogens is 164 g/mol. The average molecular weight is 171 g/mol. The van der Waals surface area contributed by atoms with Gasteiger partial charge in [-0.05, 0) is 18.2 Å². The van der Waals surface area contributed by atoms with Gasteiger partial charge in [0.2, 0.25) is 0 Å². The standard InChI is InChI=1S/C8H7ClO2/c9-7-1-2-8-6(3-7)4-10-5-11-8/h1-3H,4-5H2.